The molecular formula is C31H62O7P+. The van der Waals surface area contributed by atoms with Gasteiger partial charge in [0, 0.05) is 24.2 Å². The standard InChI is InChI=1S/C31H61O7P/c1-3-5-6-7-8-9-10-11-12-13-14-15-16-17-18-19-20-22-26-35-28-30(29-38-39(34)37-25-4-2)36-27-23-21-24-31(32)33/h30H,3-29H2,1-2H3/p+1. The molecule has 0 aromatic rings. The summed E-state index contributed by atoms with van der Waals surface area (Å²) in [6, 6.07) is 0. The largest absolute Gasteiger partial charge is 0.697 e. The van der Waals surface area contributed by atoms with Crippen LogP contribution in [0.3, 0.4) is 0 Å². The maximum Gasteiger partial charge on any atom is 0.697 e. The molecule has 0 aromatic heterocycles. The van der Waals surface area contributed by atoms with Crippen LogP contribution >= 0.6 is 8.25 Å². The number of rotatable bonds is 33. The lowest BCUT2D eigenvalue weighted by atomic mass is 10.0. The van der Waals surface area contributed by atoms with Crippen molar-refractivity contribution >= 4 is 14.2 Å². The minimum Gasteiger partial charge on any atom is -0.481 e. The van der Waals surface area contributed by atoms with Gasteiger partial charge in [-0.15, -0.1) is 9.05 Å². The molecular weight excluding hydrogens is 515 g/mol. The van der Waals surface area contributed by atoms with Crippen LogP contribution in [-0.4, -0.2) is 50.2 Å². The molecule has 0 fully saturated rings. The number of carbonyl (C=O) groups is 1. The smallest absolute Gasteiger partial charge is 0.481 e. The summed E-state index contributed by atoms with van der Waals surface area (Å²) in [5, 5.41) is 8.74. The molecule has 0 bridgehead atoms. The van der Waals surface area contributed by atoms with Crippen LogP contribution in [0, 0.1) is 0 Å². The van der Waals surface area contributed by atoms with Crippen molar-refractivity contribution in [3.8, 4) is 0 Å². The molecule has 0 aliphatic heterocycles. The normalized spacial score (nSPS) is 12.6. The van der Waals surface area contributed by atoms with E-state index in [1.807, 2.05) is 6.92 Å². The fourth-order valence-electron chi connectivity index (χ4n) is 4.44. The molecule has 0 amide bonds. The van der Waals surface area contributed by atoms with E-state index in [0.717, 1.165) is 12.8 Å². The van der Waals surface area contributed by atoms with Crippen LogP contribution in [0.25, 0.3) is 0 Å². The minimum absolute atomic E-state index is 0.136. The number of unbranched alkanes of at least 4 members (excludes halogenated alkanes) is 18. The molecule has 2 atom stereocenters. The van der Waals surface area contributed by atoms with E-state index >= 15 is 0 Å². The highest BCUT2D eigenvalue weighted by molar-refractivity contribution is 7.33. The summed E-state index contributed by atoms with van der Waals surface area (Å²) in [7, 11) is -2.15. The molecule has 0 rings (SSSR count). The van der Waals surface area contributed by atoms with E-state index < -0.39 is 14.2 Å². The van der Waals surface area contributed by atoms with E-state index in [9.17, 15) is 9.36 Å². The predicted octanol–water partition coefficient (Wildman–Crippen LogP) is 9.79. The molecule has 1 N–H and O–H groups in total. The summed E-state index contributed by atoms with van der Waals surface area (Å²) in [4.78, 5) is 10.6. The van der Waals surface area contributed by atoms with E-state index in [0.29, 0.717) is 39.3 Å². The van der Waals surface area contributed by atoms with Crippen molar-refractivity contribution in [1.29, 1.82) is 0 Å². The molecule has 232 valence electrons. The third-order valence-corrected chi connectivity index (χ3v) is 7.60. The SMILES string of the molecule is CCCCCCCCCCCCCCCCCCCCOCC(CO[P+](=O)OCCC)OCCCCC(=O)O. The summed E-state index contributed by atoms with van der Waals surface area (Å²) in [5.41, 5.74) is 0. The Morgan fingerprint density at radius 3 is 1.56 bits per heavy atom. The molecule has 0 aliphatic rings. The first-order chi connectivity index (χ1) is 19.1. The zero-order valence-electron chi connectivity index (χ0n) is 25.5. The van der Waals surface area contributed by atoms with Gasteiger partial charge in [-0.05, 0) is 25.7 Å². The van der Waals surface area contributed by atoms with Gasteiger partial charge in [0.15, 0.2) is 0 Å². The van der Waals surface area contributed by atoms with Crippen LogP contribution in [0.1, 0.15) is 155 Å². The monoisotopic (exact) mass is 577 g/mol. The third kappa shape index (κ3) is 31.8. The van der Waals surface area contributed by atoms with Crippen molar-refractivity contribution in [3.63, 3.8) is 0 Å². The molecule has 0 radical (unpaired) electrons. The van der Waals surface area contributed by atoms with Crippen LogP contribution in [-0.2, 0) is 27.9 Å². The molecule has 7 nitrogen and oxygen atoms in total. The second-order valence-electron chi connectivity index (χ2n) is 10.8. The summed E-state index contributed by atoms with van der Waals surface area (Å²) < 4.78 is 33.7. The highest BCUT2D eigenvalue weighted by atomic mass is 31.1. The van der Waals surface area contributed by atoms with Crippen LogP contribution in [0.15, 0.2) is 0 Å². The number of hydrogen-bond acceptors (Lipinski definition) is 6. The van der Waals surface area contributed by atoms with Crippen molar-refractivity contribution in [2.45, 2.75) is 161 Å². The fraction of sp³-hybridized carbons (Fsp3) is 0.968. The van der Waals surface area contributed by atoms with E-state index in [-0.39, 0.29) is 19.1 Å². The van der Waals surface area contributed by atoms with Gasteiger partial charge in [0.2, 0.25) is 0 Å². The number of carboxylic acids is 1. The molecule has 2 unspecified atom stereocenters. The molecule has 39 heavy (non-hydrogen) atoms. The Hall–Kier alpha value is -0.590. The zero-order valence-corrected chi connectivity index (χ0v) is 26.4. The van der Waals surface area contributed by atoms with Gasteiger partial charge in [0.1, 0.15) is 19.3 Å². The zero-order chi connectivity index (χ0) is 28.7. The van der Waals surface area contributed by atoms with Gasteiger partial charge in [0.25, 0.3) is 0 Å². The molecule has 0 heterocycles. The lowest BCUT2D eigenvalue weighted by molar-refractivity contribution is -0.137. The number of hydrogen-bond donors (Lipinski definition) is 1. The first kappa shape index (κ1) is 38.4. The van der Waals surface area contributed by atoms with Gasteiger partial charge in [0.05, 0.1) is 6.61 Å². The van der Waals surface area contributed by atoms with Gasteiger partial charge >= 0.3 is 14.2 Å². The Balaban J connectivity index is 3.63. The van der Waals surface area contributed by atoms with Gasteiger partial charge in [-0.2, -0.15) is 0 Å². The van der Waals surface area contributed by atoms with Crippen LogP contribution in [0.5, 0.6) is 0 Å². The van der Waals surface area contributed by atoms with Crippen LogP contribution in [0.2, 0.25) is 0 Å². The molecule has 0 saturated heterocycles. The Kier molecular flexibility index (Phi) is 31.4. The van der Waals surface area contributed by atoms with E-state index in [1.54, 1.807) is 0 Å². The Labute approximate surface area is 241 Å². The van der Waals surface area contributed by atoms with Crippen molar-refractivity contribution in [1.82, 2.24) is 0 Å². The van der Waals surface area contributed by atoms with Crippen molar-refractivity contribution in [2.24, 2.45) is 0 Å². The highest BCUT2D eigenvalue weighted by Gasteiger charge is 2.23. The van der Waals surface area contributed by atoms with Gasteiger partial charge in [-0.1, -0.05) is 123 Å². The quantitative estimate of drug-likeness (QED) is 0.0613. The number of aliphatic carboxylic acids is 1. The topological polar surface area (TPSA) is 91.3 Å². The minimum atomic E-state index is -2.15. The molecule has 0 aromatic carbocycles. The van der Waals surface area contributed by atoms with E-state index in [4.69, 9.17) is 23.6 Å². The predicted molar refractivity (Wildman–Crippen MR) is 161 cm³/mol. The van der Waals surface area contributed by atoms with Crippen molar-refractivity contribution in [3.05, 3.63) is 0 Å². The van der Waals surface area contributed by atoms with Gasteiger partial charge in [-0.25, -0.2) is 0 Å². The first-order valence-electron chi connectivity index (χ1n) is 16.2. The van der Waals surface area contributed by atoms with Gasteiger partial charge in [-0.3, -0.25) is 4.79 Å². The number of ether oxygens (including phenoxy) is 2. The summed E-state index contributed by atoms with van der Waals surface area (Å²) >= 11 is 0. The fourth-order valence-corrected chi connectivity index (χ4v) is 5.13. The first-order valence-corrected chi connectivity index (χ1v) is 17.3. The van der Waals surface area contributed by atoms with E-state index in [1.165, 1.54) is 109 Å². The highest BCUT2D eigenvalue weighted by Crippen LogP contribution is 2.24. The average Bonchev–Trinajstić information content (AvgIpc) is 2.92. The molecule has 0 saturated carbocycles. The Morgan fingerprint density at radius 1 is 0.590 bits per heavy atom. The molecule has 8 heteroatoms. The average molecular weight is 578 g/mol. The second-order valence-corrected chi connectivity index (χ2v) is 11.7. The Bertz CT molecular complexity index is 533. The van der Waals surface area contributed by atoms with Crippen LogP contribution in [0.4, 0.5) is 0 Å². The maximum absolute atomic E-state index is 11.8. The maximum atomic E-state index is 11.8. The second kappa shape index (κ2) is 31.9. The van der Waals surface area contributed by atoms with Gasteiger partial charge < -0.3 is 14.6 Å². The Morgan fingerprint density at radius 2 is 1.08 bits per heavy atom. The van der Waals surface area contributed by atoms with E-state index in [2.05, 4.69) is 6.92 Å². The van der Waals surface area contributed by atoms with Crippen LogP contribution < -0.4 is 0 Å². The lowest BCUT2D eigenvalue weighted by Crippen LogP contribution is -2.25. The lowest BCUT2D eigenvalue weighted by Gasteiger charge is -2.15. The molecule has 0 spiro atoms. The summed E-state index contributed by atoms with van der Waals surface area (Å²) in [6.07, 6.45) is 26.2. The summed E-state index contributed by atoms with van der Waals surface area (Å²) in [5.74, 6) is -0.798. The molecule has 0 aliphatic carbocycles. The third-order valence-electron chi connectivity index (χ3n) is 6.85. The van der Waals surface area contributed by atoms with Crippen molar-refractivity contribution in [2.75, 3.05) is 33.0 Å². The van der Waals surface area contributed by atoms with Crippen molar-refractivity contribution < 1.29 is 33.0 Å². The number of carboxylic acid groups (broad SMARTS) is 1. The summed E-state index contributed by atoms with van der Waals surface area (Å²) in [6.45, 7) is 6.23.